The van der Waals surface area contributed by atoms with Gasteiger partial charge in [0.05, 0.1) is 0 Å². The van der Waals surface area contributed by atoms with Crippen LogP contribution in [0.5, 0.6) is 0 Å². The molecule has 0 spiro atoms. The van der Waals surface area contributed by atoms with E-state index >= 15 is 0 Å². The third-order valence-corrected chi connectivity index (χ3v) is 2.11. The highest BCUT2D eigenvalue weighted by atomic mass is 16.1. The third-order valence-electron chi connectivity index (χ3n) is 2.11. The quantitative estimate of drug-likeness (QED) is 0.316. The number of hydrogen-bond donors (Lipinski definition) is 0. The van der Waals surface area contributed by atoms with Crippen molar-refractivity contribution in [3.63, 3.8) is 0 Å². The molecule has 1 nitrogen and oxygen atoms in total. The SMILES string of the molecule is CCCCCCCCCC=C=C=O. The van der Waals surface area contributed by atoms with Gasteiger partial charge in [-0.1, -0.05) is 45.4 Å². The lowest BCUT2D eigenvalue weighted by molar-refractivity contribution is 0.569. The lowest BCUT2D eigenvalue weighted by Gasteiger charge is -1.97. The molecule has 0 saturated heterocycles. The smallest absolute Gasteiger partial charge is 0.176 e. The second kappa shape index (κ2) is 11.2. The van der Waals surface area contributed by atoms with E-state index in [4.69, 9.17) is 0 Å². The van der Waals surface area contributed by atoms with Gasteiger partial charge < -0.3 is 0 Å². The van der Waals surface area contributed by atoms with Crippen LogP contribution in [0.15, 0.2) is 11.8 Å². The highest BCUT2D eigenvalue weighted by Gasteiger charge is 1.88. The van der Waals surface area contributed by atoms with Crippen LogP contribution >= 0.6 is 0 Å². The van der Waals surface area contributed by atoms with Crippen molar-refractivity contribution in [3.8, 4) is 0 Å². The molecule has 0 amide bonds. The number of hydrogen-bond acceptors (Lipinski definition) is 1. The molecule has 0 aromatic rings. The molecule has 0 fully saturated rings. The van der Waals surface area contributed by atoms with Crippen molar-refractivity contribution in [2.75, 3.05) is 0 Å². The molecule has 0 aromatic carbocycles. The van der Waals surface area contributed by atoms with Gasteiger partial charge >= 0.3 is 0 Å². The van der Waals surface area contributed by atoms with Gasteiger partial charge in [-0.05, 0) is 24.6 Å². The van der Waals surface area contributed by atoms with Crippen LogP contribution in [0.3, 0.4) is 0 Å². The Morgan fingerprint density at radius 2 is 1.62 bits per heavy atom. The Labute approximate surface area is 81.5 Å². The summed E-state index contributed by atoms with van der Waals surface area (Å²) in [5.41, 5.74) is 2.43. The van der Waals surface area contributed by atoms with E-state index in [9.17, 15) is 4.79 Å². The van der Waals surface area contributed by atoms with E-state index in [1.807, 2.05) is 0 Å². The topological polar surface area (TPSA) is 17.1 Å². The maximum atomic E-state index is 9.74. The fourth-order valence-corrected chi connectivity index (χ4v) is 1.32. The van der Waals surface area contributed by atoms with Crippen LogP contribution in [0.1, 0.15) is 58.3 Å². The Bertz CT molecular complexity index is 172. The average Bonchev–Trinajstić information content (AvgIpc) is 2.16. The van der Waals surface area contributed by atoms with Crippen LogP contribution in [-0.4, -0.2) is 5.94 Å². The predicted octanol–water partition coefficient (Wildman–Crippen LogP) is 3.67. The van der Waals surface area contributed by atoms with E-state index in [-0.39, 0.29) is 0 Å². The van der Waals surface area contributed by atoms with E-state index in [1.165, 1.54) is 44.9 Å². The molecule has 0 rings (SSSR count). The second-order valence-electron chi connectivity index (χ2n) is 3.36. The molecule has 0 aliphatic heterocycles. The first kappa shape index (κ1) is 12.2. The summed E-state index contributed by atoms with van der Waals surface area (Å²) in [6.45, 7) is 2.23. The van der Waals surface area contributed by atoms with Gasteiger partial charge in [0.25, 0.3) is 0 Å². The van der Waals surface area contributed by atoms with Crippen molar-refractivity contribution >= 4 is 5.94 Å². The molecule has 0 unspecified atom stereocenters. The van der Waals surface area contributed by atoms with Gasteiger partial charge in [-0.15, -0.1) is 0 Å². The number of carbonyl (C=O) groups excluding carboxylic acids is 1. The highest BCUT2D eigenvalue weighted by Crippen LogP contribution is 2.08. The molecule has 0 aromatic heterocycles. The van der Waals surface area contributed by atoms with Crippen LogP contribution in [0, 0.1) is 0 Å². The monoisotopic (exact) mass is 180 g/mol. The van der Waals surface area contributed by atoms with Crippen LogP contribution in [0.4, 0.5) is 0 Å². The first-order chi connectivity index (χ1) is 6.41. The Morgan fingerprint density at radius 3 is 2.23 bits per heavy atom. The van der Waals surface area contributed by atoms with Gasteiger partial charge in [-0.25, -0.2) is 4.79 Å². The van der Waals surface area contributed by atoms with Crippen LogP contribution < -0.4 is 0 Å². The molecule has 0 aliphatic rings. The van der Waals surface area contributed by atoms with Crippen LogP contribution in [0.25, 0.3) is 0 Å². The fourth-order valence-electron chi connectivity index (χ4n) is 1.32. The van der Waals surface area contributed by atoms with Gasteiger partial charge in [-0.2, -0.15) is 0 Å². The van der Waals surface area contributed by atoms with E-state index < -0.39 is 0 Å². The maximum absolute atomic E-state index is 9.74. The summed E-state index contributed by atoms with van der Waals surface area (Å²) in [6, 6.07) is 0. The zero-order chi connectivity index (χ0) is 9.78. The summed E-state index contributed by atoms with van der Waals surface area (Å²) < 4.78 is 0. The molecular weight excluding hydrogens is 160 g/mol. The summed E-state index contributed by atoms with van der Waals surface area (Å²) in [5, 5.41) is 0. The van der Waals surface area contributed by atoms with Gasteiger partial charge in [0.1, 0.15) is 0 Å². The minimum atomic E-state index is 0.975. The molecule has 0 atom stereocenters. The predicted molar refractivity (Wildman–Crippen MR) is 56.4 cm³/mol. The molecule has 0 N–H and O–H groups in total. The molecular formula is C12H20O. The van der Waals surface area contributed by atoms with E-state index in [2.05, 4.69) is 12.7 Å². The molecule has 0 radical (unpaired) electrons. The van der Waals surface area contributed by atoms with Crippen molar-refractivity contribution in [1.29, 1.82) is 0 Å². The lowest BCUT2D eigenvalue weighted by Crippen LogP contribution is -1.78. The number of rotatable bonds is 8. The first-order valence-electron chi connectivity index (χ1n) is 5.36. The van der Waals surface area contributed by atoms with Gasteiger partial charge in [0.15, 0.2) is 5.94 Å². The van der Waals surface area contributed by atoms with E-state index in [1.54, 1.807) is 12.0 Å². The zero-order valence-electron chi connectivity index (χ0n) is 8.64. The molecule has 0 bridgehead atoms. The third kappa shape index (κ3) is 11.2. The second-order valence-corrected chi connectivity index (χ2v) is 3.36. The number of allylic oxidation sites excluding steroid dienone is 1. The fraction of sp³-hybridized carbons (Fsp3) is 0.750. The molecule has 0 saturated carbocycles. The Kier molecular flexibility index (Phi) is 10.6. The molecule has 74 valence electrons. The van der Waals surface area contributed by atoms with E-state index in [0.29, 0.717) is 0 Å². The summed E-state index contributed by atoms with van der Waals surface area (Å²) in [6.07, 6.45) is 12.0. The minimum absolute atomic E-state index is 0.975. The van der Waals surface area contributed by atoms with Crippen molar-refractivity contribution < 1.29 is 4.79 Å². The van der Waals surface area contributed by atoms with Gasteiger partial charge in [0.2, 0.25) is 0 Å². The maximum Gasteiger partial charge on any atom is 0.176 e. The summed E-state index contributed by atoms with van der Waals surface area (Å²) in [7, 11) is 0. The average molecular weight is 180 g/mol. The van der Waals surface area contributed by atoms with Crippen LogP contribution in [0.2, 0.25) is 0 Å². The van der Waals surface area contributed by atoms with E-state index in [0.717, 1.165) is 6.42 Å². The Morgan fingerprint density at radius 1 is 1.00 bits per heavy atom. The molecule has 1 heteroatoms. The van der Waals surface area contributed by atoms with Crippen molar-refractivity contribution in [2.24, 2.45) is 0 Å². The largest absolute Gasteiger partial charge is 0.224 e. The van der Waals surface area contributed by atoms with Crippen molar-refractivity contribution in [3.05, 3.63) is 11.8 Å². The number of unbranched alkanes of at least 4 members (excludes halogenated alkanes) is 7. The Hall–Kier alpha value is -0.770. The summed E-state index contributed by atoms with van der Waals surface area (Å²) >= 11 is 0. The summed E-state index contributed by atoms with van der Waals surface area (Å²) in [4.78, 5) is 9.74. The van der Waals surface area contributed by atoms with Crippen molar-refractivity contribution in [2.45, 2.75) is 58.3 Å². The van der Waals surface area contributed by atoms with Gasteiger partial charge in [-0.3, -0.25) is 0 Å². The Balaban J connectivity index is 2.99. The molecule has 13 heavy (non-hydrogen) atoms. The zero-order valence-corrected chi connectivity index (χ0v) is 8.64. The lowest BCUT2D eigenvalue weighted by atomic mass is 10.1. The first-order valence-corrected chi connectivity index (χ1v) is 5.36. The molecule has 0 aliphatic carbocycles. The van der Waals surface area contributed by atoms with Crippen molar-refractivity contribution in [1.82, 2.24) is 0 Å². The summed E-state index contributed by atoms with van der Waals surface area (Å²) in [5.74, 6) is 1.63. The molecule has 0 heterocycles. The standard InChI is InChI=1S/C12H20O/c1-2-3-4-5-6-7-8-9-10-11-12-13/h10H,2-9H2,1H3. The van der Waals surface area contributed by atoms with Crippen LogP contribution in [-0.2, 0) is 4.79 Å². The highest BCUT2D eigenvalue weighted by molar-refractivity contribution is 5.43. The normalized spacial score (nSPS) is 9.00. The minimum Gasteiger partial charge on any atom is -0.224 e. The van der Waals surface area contributed by atoms with Gasteiger partial charge in [0, 0.05) is 0 Å².